The molecule has 0 atom stereocenters. The third kappa shape index (κ3) is 3.12. The van der Waals surface area contributed by atoms with Crippen LogP contribution in [0.4, 0.5) is 0 Å². The minimum absolute atomic E-state index is 0. The van der Waals surface area contributed by atoms with Crippen molar-refractivity contribution in [2.45, 2.75) is 0 Å². The van der Waals surface area contributed by atoms with Crippen LogP contribution in [0.5, 0.6) is 0 Å². The predicted molar refractivity (Wildman–Crippen MR) is 75.7 cm³/mol. The van der Waals surface area contributed by atoms with Crippen molar-refractivity contribution < 1.29 is 21.1 Å². The largest absolute Gasteiger partial charge is 0.255 e. The third-order valence-electron chi connectivity index (χ3n) is 2.68. The van der Waals surface area contributed by atoms with Gasteiger partial charge in [0.25, 0.3) is 0 Å². The Hall–Kier alpha value is -1.57. The van der Waals surface area contributed by atoms with E-state index >= 15 is 0 Å². The molecule has 0 unspecified atom stereocenters. The van der Waals surface area contributed by atoms with Crippen LogP contribution in [0.1, 0.15) is 0 Å². The van der Waals surface area contributed by atoms with Gasteiger partial charge in [0.15, 0.2) is 0 Å². The molecule has 0 aromatic carbocycles. The summed E-state index contributed by atoms with van der Waals surface area (Å²) < 4.78 is 0. The van der Waals surface area contributed by atoms with Crippen LogP contribution in [-0.4, -0.2) is 15.0 Å². The third-order valence-corrected chi connectivity index (χ3v) is 2.99. The van der Waals surface area contributed by atoms with Crippen LogP contribution >= 0.6 is 11.6 Å². The van der Waals surface area contributed by atoms with Crippen molar-refractivity contribution in [3.8, 4) is 22.8 Å². The Morgan fingerprint density at radius 1 is 0.700 bits per heavy atom. The second kappa shape index (κ2) is 6.73. The predicted octanol–water partition coefficient (Wildman–Crippen LogP) is 3.86. The molecule has 102 valence electrons. The van der Waals surface area contributed by atoms with Gasteiger partial charge in [0.2, 0.25) is 0 Å². The van der Waals surface area contributed by atoms with E-state index in [0.29, 0.717) is 10.7 Å². The number of pyridine rings is 3. The van der Waals surface area contributed by atoms with Crippen molar-refractivity contribution >= 4 is 11.6 Å². The van der Waals surface area contributed by atoms with Gasteiger partial charge in [-0.2, -0.15) is 0 Å². The molecule has 3 nitrogen and oxygen atoms in total. The fraction of sp³-hybridized carbons (Fsp3) is 0. The van der Waals surface area contributed by atoms with Gasteiger partial charge in [0.1, 0.15) is 5.69 Å². The van der Waals surface area contributed by atoms with Crippen molar-refractivity contribution in [1.82, 2.24) is 15.0 Å². The molecule has 3 aromatic heterocycles. The van der Waals surface area contributed by atoms with Gasteiger partial charge in [0.05, 0.1) is 22.1 Å². The van der Waals surface area contributed by atoms with E-state index in [9.17, 15) is 0 Å². The zero-order valence-electron chi connectivity index (χ0n) is 10.3. The maximum atomic E-state index is 6.20. The van der Waals surface area contributed by atoms with Crippen LogP contribution in [0.25, 0.3) is 22.8 Å². The van der Waals surface area contributed by atoms with Gasteiger partial charge < -0.3 is 0 Å². The molecule has 3 heterocycles. The average molecular weight is 463 g/mol. The van der Waals surface area contributed by atoms with Gasteiger partial charge in [-0.25, -0.2) is 4.98 Å². The molecule has 0 aliphatic carbocycles. The fourth-order valence-corrected chi connectivity index (χ4v) is 1.98. The van der Waals surface area contributed by atoms with Crippen molar-refractivity contribution in [3.05, 3.63) is 65.9 Å². The summed E-state index contributed by atoms with van der Waals surface area (Å²) in [7, 11) is 0. The summed E-state index contributed by atoms with van der Waals surface area (Å²) in [4.78, 5) is 13.1. The molecule has 20 heavy (non-hydrogen) atoms. The summed E-state index contributed by atoms with van der Waals surface area (Å²) in [6.07, 6.45) is 3.47. The molecule has 5 heteroatoms. The summed E-state index contributed by atoms with van der Waals surface area (Å²) in [6.45, 7) is 0. The normalized spacial score (nSPS) is 9.85. The van der Waals surface area contributed by atoms with E-state index in [-0.39, 0.29) is 21.1 Å². The molecular weight excluding hydrogens is 453 g/mol. The summed E-state index contributed by atoms with van der Waals surface area (Å²) in [5, 5.41) is 0.582. The smallest absolute Gasteiger partial charge is 0.108 e. The van der Waals surface area contributed by atoms with Crippen LogP contribution in [0.15, 0.2) is 60.9 Å². The maximum Gasteiger partial charge on any atom is 0.108 e. The Morgan fingerprint density at radius 3 is 1.95 bits per heavy atom. The molecular formula is C15H10ClN3Pt. The first-order chi connectivity index (χ1) is 9.34. The average Bonchev–Trinajstić information content (AvgIpc) is 2.49. The van der Waals surface area contributed by atoms with E-state index in [4.69, 9.17) is 11.6 Å². The summed E-state index contributed by atoms with van der Waals surface area (Å²) in [5.74, 6) is 0. The van der Waals surface area contributed by atoms with Crippen molar-refractivity contribution in [2.75, 3.05) is 0 Å². The Balaban J connectivity index is 0.00000147. The number of halogens is 1. The minimum Gasteiger partial charge on any atom is -0.255 e. The topological polar surface area (TPSA) is 38.7 Å². The SMILES string of the molecule is Clc1ccc(-c2ccccn2)nc1-c1ccccn1.[Pt]. The summed E-state index contributed by atoms with van der Waals surface area (Å²) >= 11 is 6.20. The van der Waals surface area contributed by atoms with Gasteiger partial charge in [0, 0.05) is 33.5 Å². The fourth-order valence-electron chi connectivity index (χ4n) is 1.78. The van der Waals surface area contributed by atoms with Gasteiger partial charge in [-0.3, -0.25) is 9.97 Å². The zero-order chi connectivity index (χ0) is 13.1. The molecule has 3 rings (SSSR count). The molecule has 0 fully saturated rings. The van der Waals surface area contributed by atoms with Crippen LogP contribution < -0.4 is 0 Å². The number of rotatable bonds is 2. The van der Waals surface area contributed by atoms with E-state index in [2.05, 4.69) is 15.0 Å². The summed E-state index contributed by atoms with van der Waals surface area (Å²) in [6, 6.07) is 15.1. The quantitative estimate of drug-likeness (QED) is 0.580. The van der Waals surface area contributed by atoms with Crippen molar-refractivity contribution in [1.29, 1.82) is 0 Å². The zero-order valence-corrected chi connectivity index (χ0v) is 13.3. The first kappa shape index (κ1) is 14.8. The molecule has 0 amide bonds. The molecule has 0 spiro atoms. The number of hydrogen-bond donors (Lipinski definition) is 0. The van der Waals surface area contributed by atoms with Gasteiger partial charge in [-0.05, 0) is 36.4 Å². The number of aromatic nitrogens is 3. The Labute approximate surface area is 136 Å². The molecule has 3 aromatic rings. The van der Waals surface area contributed by atoms with Crippen LogP contribution in [0.3, 0.4) is 0 Å². The monoisotopic (exact) mass is 462 g/mol. The van der Waals surface area contributed by atoms with Crippen LogP contribution in [-0.2, 0) is 21.1 Å². The molecule has 0 aliphatic rings. The Bertz CT molecular complexity index is 690. The second-order valence-electron chi connectivity index (χ2n) is 3.96. The molecule has 0 N–H and O–H groups in total. The van der Waals surface area contributed by atoms with Gasteiger partial charge in [-0.15, -0.1) is 0 Å². The summed E-state index contributed by atoms with van der Waals surface area (Å²) in [5.41, 5.74) is 3.03. The molecule has 0 radical (unpaired) electrons. The second-order valence-corrected chi connectivity index (χ2v) is 4.36. The van der Waals surface area contributed by atoms with E-state index in [0.717, 1.165) is 17.1 Å². The van der Waals surface area contributed by atoms with Gasteiger partial charge >= 0.3 is 0 Å². The van der Waals surface area contributed by atoms with Crippen LogP contribution in [0.2, 0.25) is 5.02 Å². The number of hydrogen-bond acceptors (Lipinski definition) is 3. The van der Waals surface area contributed by atoms with Crippen molar-refractivity contribution in [3.63, 3.8) is 0 Å². The maximum absolute atomic E-state index is 6.20. The Morgan fingerprint density at radius 2 is 1.35 bits per heavy atom. The number of nitrogens with zero attached hydrogens (tertiary/aromatic N) is 3. The molecule has 0 aliphatic heterocycles. The van der Waals surface area contributed by atoms with Gasteiger partial charge in [-0.1, -0.05) is 23.7 Å². The first-order valence-electron chi connectivity index (χ1n) is 5.84. The minimum atomic E-state index is 0. The molecule has 0 saturated heterocycles. The van der Waals surface area contributed by atoms with Crippen molar-refractivity contribution in [2.24, 2.45) is 0 Å². The van der Waals surface area contributed by atoms with E-state index in [1.165, 1.54) is 0 Å². The van der Waals surface area contributed by atoms with E-state index < -0.39 is 0 Å². The standard InChI is InChI=1S/C15H10ClN3.Pt/c16-11-7-8-13(12-5-1-3-9-17-12)19-15(11)14-6-2-4-10-18-14;/h1-10H;. The van der Waals surface area contributed by atoms with Crippen LogP contribution in [0, 0.1) is 0 Å². The van der Waals surface area contributed by atoms with E-state index in [1.807, 2.05) is 48.5 Å². The Kier molecular flexibility index (Phi) is 4.99. The molecule has 0 saturated carbocycles. The van der Waals surface area contributed by atoms with E-state index in [1.54, 1.807) is 12.4 Å². The molecule has 0 bridgehead atoms. The first-order valence-corrected chi connectivity index (χ1v) is 6.22.